The van der Waals surface area contributed by atoms with Crippen molar-refractivity contribution < 1.29 is 32.0 Å². The summed E-state index contributed by atoms with van der Waals surface area (Å²) in [5, 5.41) is 10.2. The SMILES string of the molecule is O=Cc1cc([N+](=O)[O-])c(F)nc1OC(F)(F)F. The van der Waals surface area contributed by atoms with Gasteiger partial charge in [0.1, 0.15) is 0 Å². The molecule has 6 nitrogen and oxygen atoms in total. The van der Waals surface area contributed by atoms with Crippen molar-refractivity contribution in [2.75, 3.05) is 0 Å². The third kappa shape index (κ3) is 3.09. The molecule has 1 aromatic heterocycles. The fourth-order valence-corrected chi connectivity index (χ4v) is 0.883. The molecule has 1 rings (SSSR count). The maximum atomic E-state index is 12.9. The van der Waals surface area contributed by atoms with Crippen LogP contribution in [0.4, 0.5) is 23.2 Å². The molecule has 17 heavy (non-hydrogen) atoms. The number of carbonyl (C=O) groups excluding carboxylic acids is 1. The van der Waals surface area contributed by atoms with Gasteiger partial charge in [-0.05, 0) is 0 Å². The Kier molecular flexibility index (Phi) is 3.25. The number of pyridine rings is 1. The molecule has 0 atom stereocenters. The average molecular weight is 254 g/mol. The molecular formula is C7H2F4N2O4. The van der Waals surface area contributed by atoms with E-state index in [4.69, 9.17) is 0 Å². The van der Waals surface area contributed by atoms with Crippen molar-refractivity contribution in [3.63, 3.8) is 0 Å². The van der Waals surface area contributed by atoms with Gasteiger partial charge in [0.2, 0.25) is 5.88 Å². The van der Waals surface area contributed by atoms with Crippen LogP contribution in [0, 0.1) is 16.1 Å². The molecule has 92 valence electrons. The summed E-state index contributed by atoms with van der Waals surface area (Å²) >= 11 is 0. The maximum Gasteiger partial charge on any atom is 0.574 e. The summed E-state index contributed by atoms with van der Waals surface area (Å²) in [4.78, 5) is 21.9. The zero-order chi connectivity index (χ0) is 13.2. The van der Waals surface area contributed by atoms with Gasteiger partial charge in [-0.2, -0.15) is 9.37 Å². The zero-order valence-electron chi connectivity index (χ0n) is 7.69. The van der Waals surface area contributed by atoms with Gasteiger partial charge in [0.25, 0.3) is 5.95 Å². The quantitative estimate of drug-likeness (QED) is 0.270. The predicted molar refractivity (Wildman–Crippen MR) is 42.9 cm³/mol. The number of rotatable bonds is 3. The van der Waals surface area contributed by atoms with Crippen LogP contribution in [-0.4, -0.2) is 22.6 Å². The van der Waals surface area contributed by atoms with Crippen LogP contribution in [0.25, 0.3) is 0 Å². The number of nitrogens with zero attached hydrogens (tertiary/aromatic N) is 2. The second kappa shape index (κ2) is 4.31. The van der Waals surface area contributed by atoms with E-state index in [1.807, 2.05) is 0 Å². The van der Waals surface area contributed by atoms with Crippen molar-refractivity contribution >= 4 is 12.0 Å². The number of carbonyl (C=O) groups is 1. The molecule has 0 bridgehead atoms. The monoisotopic (exact) mass is 254 g/mol. The number of alkyl halides is 3. The van der Waals surface area contributed by atoms with Gasteiger partial charge in [-0.25, -0.2) is 0 Å². The molecule has 0 saturated carbocycles. The fourth-order valence-electron chi connectivity index (χ4n) is 0.883. The molecule has 0 unspecified atom stereocenters. The highest BCUT2D eigenvalue weighted by atomic mass is 19.4. The van der Waals surface area contributed by atoms with Crippen molar-refractivity contribution in [1.29, 1.82) is 0 Å². The molecule has 0 aliphatic rings. The van der Waals surface area contributed by atoms with Crippen LogP contribution >= 0.6 is 0 Å². The maximum absolute atomic E-state index is 12.9. The number of hydrogen-bond donors (Lipinski definition) is 0. The molecule has 0 N–H and O–H groups in total. The lowest BCUT2D eigenvalue weighted by Crippen LogP contribution is -2.19. The number of ether oxygens (including phenoxy) is 1. The van der Waals surface area contributed by atoms with E-state index in [0.29, 0.717) is 6.07 Å². The number of halogens is 4. The second-order valence-electron chi connectivity index (χ2n) is 2.62. The van der Waals surface area contributed by atoms with Crippen LogP contribution in [0.1, 0.15) is 10.4 Å². The van der Waals surface area contributed by atoms with E-state index in [-0.39, 0.29) is 6.29 Å². The molecule has 0 amide bonds. The van der Waals surface area contributed by atoms with E-state index in [9.17, 15) is 32.5 Å². The molecule has 1 heterocycles. The first-order chi connectivity index (χ1) is 7.74. The summed E-state index contributed by atoms with van der Waals surface area (Å²) in [5.41, 5.74) is -2.10. The van der Waals surface area contributed by atoms with Crippen molar-refractivity contribution in [3.8, 4) is 5.88 Å². The van der Waals surface area contributed by atoms with Gasteiger partial charge in [0.05, 0.1) is 10.5 Å². The largest absolute Gasteiger partial charge is 0.574 e. The Bertz CT molecular complexity index is 474. The lowest BCUT2D eigenvalue weighted by Gasteiger charge is -2.09. The standard InChI is InChI=1S/C7H2F4N2O4/c8-5-4(13(15)16)1-3(2-14)6(12-5)17-7(9,10)11/h1-2H. The van der Waals surface area contributed by atoms with E-state index in [1.165, 1.54) is 0 Å². The summed E-state index contributed by atoms with van der Waals surface area (Å²) in [6.45, 7) is 0. The summed E-state index contributed by atoms with van der Waals surface area (Å²) in [6.07, 6.45) is -5.35. The molecule has 0 radical (unpaired) electrons. The first-order valence-corrected chi connectivity index (χ1v) is 3.80. The van der Waals surface area contributed by atoms with E-state index >= 15 is 0 Å². The Morgan fingerprint density at radius 1 is 1.47 bits per heavy atom. The van der Waals surface area contributed by atoms with Crippen LogP contribution in [-0.2, 0) is 0 Å². The Balaban J connectivity index is 3.28. The smallest absolute Gasteiger partial charge is 0.387 e. The number of aldehydes is 1. The Hall–Kier alpha value is -2.26. The Labute approximate surface area is 90.0 Å². The number of nitro groups is 1. The van der Waals surface area contributed by atoms with Crippen molar-refractivity contribution in [1.82, 2.24) is 4.98 Å². The lowest BCUT2D eigenvalue weighted by molar-refractivity contribution is -0.388. The molecule has 0 aliphatic heterocycles. The van der Waals surface area contributed by atoms with E-state index in [1.54, 1.807) is 0 Å². The van der Waals surface area contributed by atoms with Crippen LogP contribution in [0.5, 0.6) is 5.88 Å². The average Bonchev–Trinajstić information content (AvgIpc) is 2.14. The number of aromatic nitrogens is 1. The molecule has 0 fully saturated rings. The van der Waals surface area contributed by atoms with E-state index in [2.05, 4.69) is 9.72 Å². The van der Waals surface area contributed by atoms with Crippen molar-refractivity contribution in [2.24, 2.45) is 0 Å². The van der Waals surface area contributed by atoms with Gasteiger partial charge in [0, 0.05) is 6.07 Å². The van der Waals surface area contributed by atoms with Gasteiger partial charge < -0.3 is 4.74 Å². The van der Waals surface area contributed by atoms with Crippen LogP contribution in [0.2, 0.25) is 0 Å². The third-order valence-electron chi connectivity index (χ3n) is 1.49. The zero-order valence-corrected chi connectivity index (χ0v) is 7.69. The first-order valence-electron chi connectivity index (χ1n) is 3.80. The summed E-state index contributed by atoms with van der Waals surface area (Å²) in [5.74, 6) is -3.16. The van der Waals surface area contributed by atoms with Crippen molar-refractivity contribution in [3.05, 3.63) is 27.7 Å². The van der Waals surface area contributed by atoms with Gasteiger partial charge >= 0.3 is 12.0 Å². The Morgan fingerprint density at radius 2 is 2.06 bits per heavy atom. The van der Waals surface area contributed by atoms with Crippen LogP contribution in [0.15, 0.2) is 6.07 Å². The third-order valence-corrected chi connectivity index (χ3v) is 1.49. The Morgan fingerprint density at radius 3 is 2.47 bits per heavy atom. The molecule has 0 spiro atoms. The highest BCUT2D eigenvalue weighted by Gasteiger charge is 2.34. The predicted octanol–water partition coefficient (Wildman–Crippen LogP) is 1.84. The minimum absolute atomic E-state index is 0.166. The van der Waals surface area contributed by atoms with Crippen molar-refractivity contribution in [2.45, 2.75) is 6.36 Å². The van der Waals surface area contributed by atoms with Gasteiger partial charge in [-0.1, -0.05) is 0 Å². The summed E-state index contributed by atoms with van der Waals surface area (Å²) < 4.78 is 51.6. The van der Waals surface area contributed by atoms with E-state index in [0.717, 1.165) is 0 Å². The van der Waals surface area contributed by atoms with Gasteiger partial charge in [-0.3, -0.25) is 14.9 Å². The highest BCUT2D eigenvalue weighted by molar-refractivity contribution is 5.79. The van der Waals surface area contributed by atoms with Gasteiger partial charge in [0.15, 0.2) is 6.29 Å². The normalized spacial score (nSPS) is 11.1. The minimum atomic E-state index is -5.19. The molecule has 0 aliphatic carbocycles. The minimum Gasteiger partial charge on any atom is -0.387 e. The first kappa shape index (κ1) is 12.8. The molecular weight excluding hydrogens is 252 g/mol. The molecule has 0 saturated heterocycles. The highest BCUT2D eigenvalue weighted by Crippen LogP contribution is 2.27. The van der Waals surface area contributed by atoms with E-state index < -0.39 is 34.4 Å². The van der Waals surface area contributed by atoms with Gasteiger partial charge in [-0.15, -0.1) is 13.2 Å². The second-order valence-corrected chi connectivity index (χ2v) is 2.62. The lowest BCUT2D eigenvalue weighted by atomic mass is 10.2. The fraction of sp³-hybridized carbons (Fsp3) is 0.143. The molecule has 0 aromatic carbocycles. The summed E-state index contributed by atoms with van der Waals surface area (Å²) in [6, 6.07) is 0.302. The van der Waals surface area contributed by atoms with Crippen LogP contribution < -0.4 is 4.74 Å². The summed E-state index contributed by atoms with van der Waals surface area (Å²) in [7, 11) is 0. The topological polar surface area (TPSA) is 82.3 Å². The number of hydrogen-bond acceptors (Lipinski definition) is 5. The molecule has 1 aromatic rings. The van der Waals surface area contributed by atoms with Crippen LogP contribution in [0.3, 0.4) is 0 Å². The molecule has 10 heteroatoms.